The lowest BCUT2D eigenvalue weighted by Crippen LogP contribution is -2.16. The average Bonchev–Trinajstić information content (AvgIpc) is 2.59. The van der Waals surface area contributed by atoms with E-state index >= 15 is 0 Å². The predicted octanol–water partition coefficient (Wildman–Crippen LogP) is 1.20. The lowest BCUT2D eigenvalue weighted by Gasteiger charge is -2.10. The van der Waals surface area contributed by atoms with E-state index < -0.39 is 6.48 Å². The second kappa shape index (κ2) is 3.56. The minimum Gasteiger partial charge on any atom is -0.441 e. The van der Waals surface area contributed by atoms with Crippen molar-refractivity contribution in [2.45, 2.75) is 6.48 Å². The Morgan fingerprint density at radius 1 is 1.33 bits per heavy atom. The first-order valence-corrected chi connectivity index (χ1v) is 3.82. The minimum atomic E-state index is -0.552. The molecule has 3 nitrogen and oxygen atoms in total. The van der Waals surface area contributed by atoms with Crippen LogP contribution in [-0.4, -0.2) is 19.7 Å². The molecule has 1 saturated heterocycles. The van der Waals surface area contributed by atoms with E-state index in [0.717, 1.165) is 0 Å². The molecule has 0 aliphatic carbocycles. The van der Waals surface area contributed by atoms with Gasteiger partial charge in [-0.2, -0.15) is 0 Å². The predicted molar refractivity (Wildman–Crippen MR) is 41.6 cm³/mol. The number of para-hydroxylation sites is 1. The van der Waals surface area contributed by atoms with Gasteiger partial charge in [0.1, 0.15) is 5.75 Å². The van der Waals surface area contributed by atoms with Crippen LogP contribution in [0.5, 0.6) is 5.75 Å². The lowest BCUT2D eigenvalue weighted by atomic mass is 10.3. The van der Waals surface area contributed by atoms with Gasteiger partial charge in [0, 0.05) is 6.07 Å². The quantitative estimate of drug-likeness (QED) is 0.659. The fourth-order valence-electron chi connectivity index (χ4n) is 0.959. The van der Waals surface area contributed by atoms with E-state index in [4.69, 9.17) is 14.2 Å². The third-order valence-electron chi connectivity index (χ3n) is 1.49. The average molecular weight is 165 g/mol. The van der Waals surface area contributed by atoms with Gasteiger partial charge < -0.3 is 14.2 Å². The van der Waals surface area contributed by atoms with E-state index in [0.29, 0.717) is 19.0 Å². The molecule has 0 aromatic heterocycles. The fraction of sp³-hybridized carbons (Fsp3) is 0.333. The molecule has 1 aliphatic heterocycles. The number of benzene rings is 1. The molecule has 0 saturated carbocycles. The molecule has 3 heteroatoms. The molecule has 1 aromatic carbocycles. The van der Waals surface area contributed by atoms with E-state index in [9.17, 15) is 0 Å². The number of rotatable bonds is 2. The van der Waals surface area contributed by atoms with Crippen LogP contribution in [-0.2, 0) is 9.47 Å². The van der Waals surface area contributed by atoms with Gasteiger partial charge in [0.2, 0.25) is 0 Å². The molecule has 1 radical (unpaired) electrons. The van der Waals surface area contributed by atoms with Crippen LogP contribution in [0.4, 0.5) is 0 Å². The van der Waals surface area contributed by atoms with E-state index in [1.165, 1.54) is 0 Å². The Morgan fingerprint density at radius 2 is 2.17 bits per heavy atom. The molecule has 0 N–H and O–H groups in total. The summed E-state index contributed by atoms with van der Waals surface area (Å²) < 4.78 is 15.5. The van der Waals surface area contributed by atoms with Crippen LogP contribution in [0.1, 0.15) is 0 Å². The van der Waals surface area contributed by atoms with Gasteiger partial charge in [0.15, 0.2) is 0 Å². The molecule has 0 atom stereocenters. The van der Waals surface area contributed by atoms with Crippen LogP contribution >= 0.6 is 0 Å². The Hall–Kier alpha value is -1.06. The monoisotopic (exact) mass is 165 g/mol. The van der Waals surface area contributed by atoms with Crippen molar-refractivity contribution in [1.29, 1.82) is 0 Å². The Morgan fingerprint density at radius 3 is 2.83 bits per heavy atom. The minimum absolute atomic E-state index is 0.552. The van der Waals surface area contributed by atoms with Gasteiger partial charge in [0.25, 0.3) is 0 Å². The van der Waals surface area contributed by atoms with Crippen molar-refractivity contribution in [3.63, 3.8) is 0 Å². The topological polar surface area (TPSA) is 27.7 Å². The van der Waals surface area contributed by atoms with Crippen LogP contribution in [0.3, 0.4) is 0 Å². The molecular formula is C9H9O3. The molecule has 2 rings (SSSR count). The van der Waals surface area contributed by atoms with Gasteiger partial charge in [-0.3, -0.25) is 0 Å². The van der Waals surface area contributed by atoms with E-state index in [1.54, 1.807) is 6.07 Å². The lowest BCUT2D eigenvalue weighted by molar-refractivity contribution is -0.176. The highest BCUT2D eigenvalue weighted by molar-refractivity contribution is 5.19. The highest BCUT2D eigenvalue weighted by Gasteiger charge is 2.16. The van der Waals surface area contributed by atoms with Gasteiger partial charge in [-0.1, -0.05) is 18.2 Å². The molecule has 0 unspecified atom stereocenters. The smallest absolute Gasteiger partial charge is 0.316 e. The molecule has 12 heavy (non-hydrogen) atoms. The Bertz CT molecular complexity index is 229. The maximum Gasteiger partial charge on any atom is 0.316 e. The second-order valence-corrected chi connectivity index (χ2v) is 2.37. The Kier molecular flexibility index (Phi) is 2.25. The van der Waals surface area contributed by atoms with Crippen LogP contribution in [0.15, 0.2) is 24.3 Å². The maximum absolute atomic E-state index is 5.28. The van der Waals surface area contributed by atoms with Crippen LogP contribution < -0.4 is 4.74 Å². The zero-order chi connectivity index (χ0) is 8.23. The largest absolute Gasteiger partial charge is 0.441 e. The van der Waals surface area contributed by atoms with Crippen molar-refractivity contribution in [2.24, 2.45) is 0 Å². The van der Waals surface area contributed by atoms with E-state index in [-0.39, 0.29) is 0 Å². The van der Waals surface area contributed by atoms with Crippen molar-refractivity contribution in [1.82, 2.24) is 0 Å². The highest BCUT2D eigenvalue weighted by Crippen LogP contribution is 2.13. The third-order valence-corrected chi connectivity index (χ3v) is 1.49. The Labute approximate surface area is 70.9 Å². The van der Waals surface area contributed by atoms with E-state index in [2.05, 4.69) is 6.07 Å². The van der Waals surface area contributed by atoms with Gasteiger partial charge in [-0.25, -0.2) is 0 Å². The summed E-state index contributed by atoms with van der Waals surface area (Å²) in [6, 6.07) is 10.3. The fourth-order valence-corrected chi connectivity index (χ4v) is 0.959. The molecule has 1 aromatic rings. The summed E-state index contributed by atoms with van der Waals surface area (Å²) in [5.41, 5.74) is 0. The molecule has 1 heterocycles. The van der Waals surface area contributed by atoms with Gasteiger partial charge in [0.05, 0.1) is 13.2 Å². The summed E-state index contributed by atoms with van der Waals surface area (Å²) >= 11 is 0. The van der Waals surface area contributed by atoms with Gasteiger partial charge >= 0.3 is 6.48 Å². The first kappa shape index (κ1) is 7.58. The first-order valence-electron chi connectivity index (χ1n) is 3.82. The Balaban J connectivity index is 1.94. The molecular weight excluding hydrogens is 156 g/mol. The summed E-state index contributed by atoms with van der Waals surface area (Å²) in [4.78, 5) is 0. The summed E-state index contributed by atoms with van der Waals surface area (Å²) in [5.74, 6) is 0.643. The van der Waals surface area contributed by atoms with Gasteiger partial charge in [-0.05, 0) is 6.07 Å². The highest BCUT2D eigenvalue weighted by atomic mass is 16.9. The van der Waals surface area contributed by atoms with Crippen molar-refractivity contribution in [3.05, 3.63) is 30.3 Å². The second-order valence-electron chi connectivity index (χ2n) is 2.37. The summed E-state index contributed by atoms with van der Waals surface area (Å²) in [5, 5.41) is 0. The zero-order valence-electron chi connectivity index (χ0n) is 6.53. The molecule has 63 valence electrons. The maximum atomic E-state index is 5.28. The number of ether oxygens (including phenoxy) is 3. The van der Waals surface area contributed by atoms with Gasteiger partial charge in [-0.15, -0.1) is 0 Å². The number of hydrogen-bond acceptors (Lipinski definition) is 3. The van der Waals surface area contributed by atoms with Crippen LogP contribution in [0.2, 0.25) is 0 Å². The molecule has 0 amide bonds. The summed E-state index contributed by atoms with van der Waals surface area (Å²) in [6.45, 7) is 0.637. The third kappa shape index (κ3) is 1.75. The number of hydrogen-bond donors (Lipinski definition) is 0. The zero-order valence-corrected chi connectivity index (χ0v) is 6.53. The SMILES string of the molecule is [c]1ccccc1OC1OCCO1. The molecule has 0 spiro atoms. The first-order chi connectivity index (χ1) is 5.95. The normalized spacial score (nSPS) is 18.0. The van der Waals surface area contributed by atoms with Crippen LogP contribution in [0.25, 0.3) is 0 Å². The molecule has 0 bridgehead atoms. The van der Waals surface area contributed by atoms with Crippen LogP contribution in [0, 0.1) is 6.07 Å². The van der Waals surface area contributed by atoms with E-state index in [1.807, 2.05) is 18.2 Å². The van der Waals surface area contributed by atoms with Crippen molar-refractivity contribution in [2.75, 3.05) is 13.2 Å². The van der Waals surface area contributed by atoms with Crippen molar-refractivity contribution >= 4 is 0 Å². The summed E-state index contributed by atoms with van der Waals surface area (Å²) in [7, 11) is 0. The molecule has 1 fully saturated rings. The molecule has 1 aliphatic rings. The summed E-state index contributed by atoms with van der Waals surface area (Å²) in [6.07, 6.45) is 0. The van der Waals surface area contributed by atoms with Crippen molar-refractivity contribution < 1.29 is 14.2 Å². The standard InChI is InChI=1S/C9H9O3/c1-2-4-8(5-3-1)12-9-10-6-7-11-9/h1-4,9H,6-7H2. The van der Waals surface area contributed by atoms with Crippen molar-refractivity contribution in [3.8, 4) is 5.75 Å².